The maximum Gasteiger partial charge on any atom is 0.129 e. The predicted octanol–water partition coefficient (Wildman–Crippen LogP) is 3.37. The second-order valence-electron chi connectivity index (χ2n) is 4.51. The van der Waals surface area contributed by atoms with E-state index in [1.54, 1.807) is 0 Å². The number of halogens is 2. The van der Waals surface area contributed by atoms with E-state index in [1.165, 1.54) is 18.2 Å². The van der Waals surface area contributed by atoms with E-state index >= 15 is 0 Å². The largest absolute Gasteiger partial charge is 0.393 e. The van der Waals surface area contributed by atoms with E-state index in [1.807, 2.05) is 0 Å². The molecule has 0 spiro atoms. The van der Waals surface area contributed by atoms with Crippen molar-refractivity contribution in [3.05, 3.63) is 35.4 Å². The Morgan fingerprint density at radius 1 is 1.06 bits per heavy atom. The molecule has 0 aromatic heterocycles. The lowest BCUT2D eigenvalue weighted by molar-refractivity contribution is 0.151. The van der Waals surface area contributed by atoms with Gasteiger partial charge < -0.3 is 5.11 Å². The standard InChI is InChI=1S/C13H16F2O/c14-11-6-3-7-12(15)13(11)9-4-1-2-5-10(16)8-9/h3,6-7,9-10,16H,1-2,4-5,8H2. The Labute approximate surface area is 94.1 Å². The van der Waals surface area contributed by atoms with E-state index in [0.29, 0.717) is 6.42 Å². The van der Waals surface area contributed by atoms with E-state index < -0.39 is 17.7 Å². The summed E-state index contributed by atoms with van der Waals surface area (Å²) in [5, 5.41) is 9.66. The molecule has 88 valence electrons. The maximum atomic E-state index is 13.6. The zero-order chi connectivity index (χ0) is 11.5. The monoisotopic (exact) mass is 226 g/mol. The highest BCUT2D eigenvalue weighted by molar-refractivity contribution is 5.24. The normalized spacial score (nSPS) is 26.4. The lowest BCUT2D eigenvalue weighted by Crippen LogP contribution is -2.11. The van der Waals surface area contributed by atoms with Gasteiger partial charge in [-0.05, 0) is 37.3 Å². The summed E-state index contributed by atoms with van der Waals surface area (Å²) >= 11 is 0. The van der Waals surface area contributed by atoms with Crippen LogP contribution < -0.4 is 0 Å². The van der Waals surface area contributed by atoms with Crippen LogP contribution in [0.1, 0.15) is 43.6 Å². The average molecular weight is 226 g/mol. The van der Waals surface area contributed by atoms with Gasteiger partial charge in [-0.2, -0.15) is 0 Å². The molecule has 1 aromatic carbocycles. The molecule has 1 nitrogen and oxygen atoms in total. The van der Waals surface area contributed by atoms with Crippen molar-refractivity contribution in [2.75, 3.05) is 0 Å². The van der Waals surface area contributed by atoms with Crippen LogP contribution in [0, 0.1) is 11.6 Å². The van der Waals surface area contributed by atoms with Gasteiger partial charge in [0, 0.05) is 5.56 Å². The van der Waals surface area contributed by atoms with Crippen LogP contribution in [0.3, 0.4) is 0 Å². The molecular formula is C13H16F2O. The van der Waals surface area contributed by atoms with Gasteiger partial charge in [0.1, 0.15) is 11.6 Å². The Hall–Kier alpha value is -0.960. The minimum atomic E-state index is -0.487. The first-order valence-corrected chi connectivity index (χ1v) is 5.80. The van der Waals surface area contributed by atoms with E-state index in [-0.39, 0.29) is 11.5 Å². The summed E-state index contributed by atoms with van der Waals surface area (Å²) in [4.78, 5) is 0. The molecule has 0 heterocycles. The smallest absolute Gasteiger partial charge is 0.129 e. The van der Waals surface area contributed by atoms with Crippen molar-refractivity contribution >= 4 is 0 Å². The summed E-state index contributed by atoms with van der Waals surface area (Å²) in [5.41, 5.74) is 0.156. The van der Waals surface area contributed by atoms with Gasteiger partial charge in [0.05, 0.1) is 6.10 Å². The Morgan fingerprint density at radius 3 is 2.38 bits per heavy atom. The van der Waals surface area contributed by atoms with Gasteiger partial charge in [0.25, 0.3) is 0 Å². The first-order chi connectivity index (χ1) is 7.68. The molecule has 0 radical (unpaired) electrons. The van der Waals surface area contributed by atoms with Crippen LogP contribution in [0.4, 0.5) is 8.78 Å². The van der Waals surface area contributed by atoms with Crippen molar-refractivity contribution in [2.45, 2.75) is 44.1 Å². The zero-order valence-corrected chi connectivity index (χ0v) is 9.13. The lowest BCUT2D eigenvalue weighted by atomic mass is 9.90. The number of hydrogen-bond donors (Lipinski definition) is 1. The fraction of sp³-hybridized carbons (Fsp3) is 0.538. The number of benzene rings is 1. The third kappa shape index (κ3) is 2.40. The summed E-state index contributed by atoms with van der Waals surface area (Å²) in [6.45, 7) is 0. The Bertz CT molecular complexity index is 345. The van der Waals surface area contributed by atoms with Crippen molar-refractivity contribution in [1.82, 2.24) is 0 Å². The first-order valence-electron chi connectivity index (χ1n) is 5.80. The molecule has 2 rings (SSSR count). The van der Waals surface area contributed by atoms with Crippen LogP contribution in [0.25, 0.3) is 0 Å². The highest BCUT2D eigenvalue weighted by Crippen LogP contribution is 2.34. The third-order valence-corrected chi connectivity index (χ3v) is 3.30. The van der Waals surface area contributed by atoms with Crippen molar-refractivity contribution in [2.24, 2.45) is 0 Å². The molecule has 1 saturated carbocycles. The summed E-state index contributed by atoms with van der Waals surface area (Å²) in [6.07, 6.45) is 3.41. The van der Waals surface area contributed by atoms with Crippen LogP contribution in [0.5, 0.6) is 0 Å². The van der Waals surface area contributed by atoms with Crippen LogP contribution in [-0.2, 0) is 0 Å². The van der Waals surface area contributed by atoms with Gasteiger partial charge in [0.15, 0.2) is 0 Å². The second-order valence-corrected chi connectivity index (χ2v) is 4.51. The Morgan fingerprint density at radius 2 is 1.69 bits per heavy atom. The Balaban J connectivity index is 2.28. The maximum absolute atomic E-state index is 13.6. The molecule has 2 atom stereocenters. The molecule has 1 aliphatic carbocycles. The molecule has 2 unspecified atom stereocenters. The summed E-state index contributed by atoms with van der Waals surface area (Å²) in [5.74, 6) is -1.16. The minimum Gasteiger partial charge on any atom is -0.393 e. The molecule has 3 heteroatoms. The Kier molecular flexibility index (Phi) is 3.54. The average Bonchev–Trinajstić information content (AvgIpc) is 2.43. The van der Waals surface area contributed by atoms with E-state index in [2.05, 4.69) is 0 Å². The number of aliphatic hydroxyl groups excluding tert-OH is 1. The summed E-state index contributed by atoms with van der Waals surface area (Å²) in [7, 11) is 0. The van der Waals surface area contributed by atoms with Crippen molar-refractivity contribution in [3.63, 3.8) is 0 Å². The molecule has 0 saturated heterocycles. The molecule has 1 aromatic rings. The molecular weight excluding hydrogens is 210 g/mol. The molecule has 1 aliphatic rings. The number of hydrogen-bond acceptors (Lipinski definition) is 1. The number of rotatable bonds is 1. The quantitative estimate of drug-likeness (QED) is 0.728. The molecule has 0 aliphatic heterocycles. The van der Waals surface area contributed by atoms with Crippen LogP contribution in [0.2, 0.25) is 0 Å². The van der Waals surface area contributed by atoms with Gasteiger partial charge in [-0.3, -0.25) is 0 Å². The highest BCUT2D eigenvalue weighted by Gasteiger charge is 2.24. The van der Waals surface area contributed by atoms with Crippen LogP contribution in [-0.4, -0.2) is 11.2 Å². The van der Waals surface area contributed by atoms with Gasteiger partial charge in [-0.1, -0.05) is 18.9 Å². The van der Waals surface area contributed by atoms with Crippen molar-refractivity contribution in [3.8, 4) is 0 Å². The summed E-state index contributed by atoms with van der Waals surface area (Å²) in [6, 6.07) is 3.95. The second kappa shape index (κ2) is 4.91. The molecule has 0 amide bonds. The van der Waals surface area contributed by atoms with E-state index in [0.717, 1.165) is 25.7 Å². The molecule has 1 N–H and O–H groups in total. The number of aliphatic hydroxyl groups is 1. The van der Waals surface area contributed by atoms with Gasteiger partial charge in [0.2, 0.25) is 0 Å². The minimum absolute atomic E-state index is 0.156. The predicted molar refractivity (Wildman–Crippen MR) is 58.2 cm³/mol. The fourth-order valence-electron chi connectivity index (χ4n) is 2.50. The topological polar surface area (TPSA) is 20.2 Å². The molecule has 0 bridgehead atoms. The van der Waals surface area contributed by atoms with Gasteiger partial charge in [-0.15, -0.1) is 0 Å². The molecule has 1 fully saturated rings. The third-order valence-electron chi connectivity index (χ3n) is 3.30. The van der Waals surface area contributed by atoms with Gasteiger partial charge >= 0.3 is 0 Å². The first kappa shape index (κ1) is 11.5. The van der Waals surface area contributed by atoms with Crippen molar-refractivity contribution < 1.29 is 13.9 Å². The van der Waals surface area contributed by atoms with E-state index in [9.17, 15) is 13.9 Å². The summed E-state index contributed by atoms with van der Waals surface area (Å²) < 4.78 is 27.1. The SMILES string of the molecule is OC1CCCCC(c2c(F)cccc2F)C1. The fourth-order valence-corrected chi connectivity index (χ4v) is 2.50. The highest BCUT2D eigenvalue weighted by atomic mass is 19.1. The lowest BCUT2D eigenvalue weighted by Gasteiger charge is -2.18. The van der Waals surface area contributed by atoms with Gasteiger partial charge in [-0.25, -0.2) is 8.78 Å². The van der Waals surface area contributed by atoms with Crippen LogP contribution in [0.15, 0.2) is 18.2 Å². The van der Waals surface area contributed by atoms with Crippen molar-refractivity contribution in [1.29, 1.82) is 0 Å². The zero-order valence-electron chi connectivity index (χ0n) is 9.13. The van der Waals surface area contributed by atoms with Crippen LogP contribution >= 0.6 is 0 Å². The van der Waals surface area contributed by atoms with E-state index in [4.69, 9.17) is 0 Å². The molecule has 16 heavy (non-hydrogen) atoms.